The van der Waals surface area contributed by atoms with Crippen molar-refractivity contribution in [3.63, 3.8) is 0 Å². The lowest BCUT2D eigenvalue weighted by molar-refractivity contribution is -0.133. The number of carbonyl (C=O) groups excluding carboxylic acids is 1. The minimum atomic E-state index is -0.626. The van der Waals surface area contributed by atoms with Crippen molar-refractivity contribution < 1.29 is 13.6 Å². The van der Waals surface area contributed by atoms with Crippen LogP contribution in [-0.2, 0) is 4.79 Å². The average molecular weight is 284 g/mol. The average Bonchev–Trinajstić information content (AvgIpc) is 2.38. The topological polar surface area (TPSA) is 46.3 Å². The maximum absolute atomic E-state index is 13.7. The molecule has 112 valence electrons. The third kappa shape index (κ3) is 4.00. The Balaban J connectivity index is 2.88. The number of nitrogens with two attached hydrogens (primary N) is 1. The summed E-state index contributed by atoms with van der Waals surface area (Å²) in [5.41, 5.74) is 5.99. The lowest BCUT2D eigenvalue weighted by Crippen LogP contribution is -2.43. The van der Waals surface area contributed by atoms with Crippen LogP contribution in [0.3, 0.4) is 0 Å². The quantitative estimate of drug-likeness (QED) is 0.903. The van der Waals surface area contributed by atoms with Gasteiger partial charge in [0.1, 0.15) is 11.6 Å². The number of hydrogen-bond donors (Lipinski definition) is 1. The number of halogens is 2. The van der Waals surface area contributed by atoms with Gasteiger partial charge >= 0.3 is 0 Å². The lowest BCUT2D eigenvalue weighted by Gasteiger charge is -2.28. The first-order valence-corrected chi connectivity index (χ1v) is 6.71. The molecule has 1 amide bonds. The second-order valence-electron chi connectivity index (χ2n) is 5.53. The van der Waals surface area contributed by atoms with Crippen molar-refractivity contribution in [2.24, 2.45) is 11.7 Å². The molecule has 2 N–H and O–H groups in total. The van der Waals surface area contributed by atoms with Gasteiger partial charge < -0.3 is 10.6 Å². The van der Waals surface area contributed by atoms with Crippen LogP contribution in [-0.4, -0.2) is 23.9 Å². The highest BCUT2D eigenvalue weighted by atomic mass is 19.1. The normalized spacial score (nSPS) is 14.2. The third-order valence-corrected chi connectivity index (χ3v) is 3.38. The first kappa shape index (κ1) is 16.6. The highest BCUT2D eigenvalue weighted by Crippen LogP contribution is 2.23. The summed E-state index contributed by atoms with van der Waals surface area (Å²) in [7, 11) is 1.55. The molecule has 2 atom stereocenters. The Morgan fingerprint density at radius 2 is 1.90 bits per heavy atom. The van der Waals surface area contributed by atoms with Gasteiger partial charge in [-0.3, -0.25) is 4.79 Å². The minimum Gasteiger partial charge on any atom is -0.338 e. The molecule has 0 bridgehead atoms. The van der Waals surface area contributed by atoms with Crippen LogP contribution in [0.5, 0.6) is 0 Å². The van der Waals surface area contributed by atoms with Gasteiger partial charge in [-0.1, -0.05) is 13.8 Å². The number of rotatable bonds is 5. The van der Waals surface area contributed by atoms with Crippen molar-refractivity contribution in [1.82, 2.24) is 4.90 Å². The van der Waals surface area contributed by atoms with Crippen molar-refractivity contribution in [1.29, 1.82) is 0 Å². The van der Waals surface area contributed by atoms with E-state index >= 15 is 0 Å². The summed E-state index contributed by atoms with van der Waals surface area (Å²) in [5.74, 6) is -1.03. The zero-order valence-electron chi connectivity index (χ0n) is 12.4. The predicted molar refractivity (Wildman–Crippen MR) is 75.0 cm³/mol. The van der Waals surface area contributed by atoms with Gasteiger partial charge in [0, 0.05) is 12.6 Å². The van der Waals surface area contributed by atoms with Gasteiger partial charge in [-0.15, -0.1) is 0 Å². The van der Waals surface area contributed by atoms with E-state index < -0.39 is 23.7 Å². The molecule has 0 aliphatic rings. The SMILES string of the molecule is CC(C)C[C@@H](N)C(=O)N(C)C(C)c1cc(F)ccc1F. The molecule has 5 heteroatoms. The largest absolute Gasteiger partial charge is 0.338 e. The molecule has 0 aliphatic carbocycles. The van der Waals surface area contributed by atoms with Gasteiger partial charge in [-0.25, -0.2) is 8.78 Å². The molecule has 0 radical (unpaired) electrons. The lowest BCUT2D eigenvalue weighted by atomic mass is 10.0. The molecule has 0 saturated carbocycles. The van der Waals surface area contributed by atoms with Crippen molar-refractivity contribution in [2.45, 2.75) is 39.3 Å². The maximum atomic E-state index is 13.7. The monoisotopic (exact) mass is 284 g/mol. The number of benzene rings is 1. The number of hydrogen-bond acceptors (Lipinski definition) is 2. The first-order valence-electron chi connectivity index (χ1n) is 6.71. The van der Waals surface area contributed by atoms with Crippen molar-refractivity contribution in [3.8, 4) is 0 Å². The Bertz CT molecular complexity index is 477. The fourth-order valence-corrected chi connectivity index (χ4v) is 2.10. The van der Waals surface area contributed by atoms with Crippen LogP contribution in [0.25, 0.3) is 0 Å². The van der Waals surface area contributed by atoms with Crippen LogP contribution in [0, 0.1) is 17.6 Å². The number of likely N-dealkylation sites (N-methyl/N-ethyl adjacent to an activating group) is 1. The molecule has 1 aromatic rings. The van der Waals surface area contributed by atoms with Crippen LogP contribution in [0.2, 0.25) is 0 Å². The molecular weight excluding hydrogens is 262 g/mol. The fraction of sp³-hybridized carbons (Fsp3) is 0.533. The molecule has 0 aliphatic heterocycles. The Hall–Kier alpha value is -1.49. The molecule has 0 spiro atoms. The molecule has 3 nitrogen and oxygen atoms in total. The molecule has 0 heterocycles. The first-order chi connectivity index (χ1) is 9.23. The molecule has 20 heavy (non-hydrogen) atoms. The highest BCUT2D eigenvalue weighted by Gasteiger charge is 2.25. The summed E-state index contributed by atoms with van der Waals surface area (Å²) in [6.07, 6.45) is 0.557. The van der Waals surface area contributed by atoms with Crippen molar-refractivity contribution in [2.75, 3.05) is 7.05 Å². The van der Waals surface area contributed by atoms with E-state index in [-0.39, 0.29) is 11.5 Å². The van der Waals surface area contributed by atoms with E-state index in [0.29, 0.717) is 12.3 Å². The van der Waals surface area contributed by atoms with E-state index in [2.05, 4.69) is 0 Å². The summed E-state index contributed by atoms with van der Waals surface area (Å²) in [5, 5.41) is 0. The highest BCUT2D eigenvalue weighted by molar-refractivity contribution is 5.81. The van der Waals surface area contributed by atoms with Gasteiger partial charge in [0.25, 0.3) is 0 Å². The van der Waals surface area contributed by atoms with E-state index in [9.17, 15) is 13.6 Å². The summed E-state index contributed by atoms with van der Waals surface area (Å²) in [6, 6.07) is 2.03. The van der Waals surface area contributed by atoms with E-state index in [1.54, 1.807) is 14.0 Å². The van der Waals surface area contributed by atoms with Gasteiger partial charge in [0.15, 0.2) is 0 Å². The van der Waals surface area contributed by atoms with E-state index in [4.69, 9.17) is 5.73 Å². The summed E-state index contributed by atoms with van der Waals surface area (Å²) < 4.78 is 26.9. The Kier molecular flexibility index (Phi) is 5.62. The predicted octanol–water partition coefficient (Wildman–Crippen LogP) is 2.86. The van der Waals surface area contributed by atoms with E-state index in [0.717, 1.165) is 18.2 Å². The third-order valence-electron chi connectivity index (χ3n) is 3.38. The Morgan fingerprint density at radius 3 is 2.45 bits per heavy atom. The van der Waals surface area contributed by atoms with Crippen LogP contribution in [0.15, 0.2) is 18.2 Å². The maximum Gasteiger partial charge on any atom is 0.239 e. The standard InChI is InChI=1S/C15H22F2N2O/c1-9(2)7-14(18)15(20)19(4)10(3)12-8-11(16)5-6-13(12)17/h5-6,8-10,14H,7,18H2,1-4H3/t10?,14-/m1/s1. The number of nitrogens with zero attached hydrogens (tertiary/aromatic N) is 1. The fourth-order valence-electron chi connectivity index (χ4n) is 2.10. The smallest absolute Gasteiger partial charge is 0.239 e. The molecule has 1 rings (SSSR count). The van der Waals surface area contributed by atoms with Crippen molar-refractivity contribution in [3.05, 3.63) is 35.4 Å². The molecule has 0 fully saturated rings. The number of amides is 1. The second kappa shape index (κ2) is 6.79. The summed E-state index contributed by atoms with van der Waals surface area (Å²) >= 11 is 0. The van der Waals surface area contributed by atoms with Crippen LogP contribution >= 0.6 is 0 Å². The van der Waals surface area contributed by atoms with Gasteiger partial charge in [-0.05, 0) is 37.5 Å². The van der Waals surface area contributed by atoms with E-state index in [1.807, 2.05) is 13.8 Å². The van der Waals surface area contributed by atoms with Crippen LogP contribution in [0.1, 0.15) is 38.8 Å². The molecule has 1 aromatic carbocycles. The Labute approximate surface area is 118 Å². The zero-order valence-corrected chi connectivity index (χ0v) is 12.4. The summed E-state index contributed by atoms with van der Waals surface area (Å²) in [4.78, 5) is 13.5. The molecule has 0 aromatic heterocycles. The molecule has 0 saturated heterocycles. The van der Waals surface area contributed by atoms with Gasteiger partial charge in [-0.2, -0.15) is 0 Å². The minimum absolute atomic E-state index is 0.151. The Morgan fingerprint density at radius 1 is 1.30 bits per heavy atom. The van der Waals surface area contributed by atoms with Gasteiger partial charge in [0.2, 0.25) is 5.91 Å². The second-order valence-corrected chi connectivity index (χ2v) is 5.53. The van der Waals surface area contributed by atoms with Gasteiger partial charge in [0.05, 0.1) is 12.1 Å². The van der Waals surface area contributed by atoms with Crippen molar-refractivity contribution >= 4 is 5.91 Å². The zero-order chi connectivity index (χ0) is 15.4. The number of carbonyl (C=O) groups is 1. The molecule has 1 unspecified atom stereocenters. The molecular formula is C15H22F2N2O. The van der Waals surface area contributed by atoms with Crippen LogP contribution < -0.4 is 5.73 Å². The summed E-state index contributed by atoms with van der Waals surface area (Å²) in [6.45, 7) is 5.60. The van der Waals surface area contributed by atoms with Crippen LogP contribution in [0.4, 0.5) is 8.78 Å². The van der Waals surface area contributed by atoms with E-state index in [1.165, 1.54) is 4.90 Å².